The van der Waals surface area contributed by atoms with Crippen LogP contribution in [-0.4, -0.2) is 73.5 Å². The van der Waals surface area contributed by atoms with E-state index in [-0.39, 0.29) is 17.8 Å². The van der Waals surface area contributed by atoms with Gasteiger partial charge >= 0.3 is 6.03 Å². The first-order valence-electron chi connectivity index (χ1n) is 10.7. The third kappa shape index (κ3) is 4.78. The lowest BCUT2D eigenvalue weighted by molar-refractivity contribution is 0.128. The second-order valence-corrected chi connectivity index (χ2v) is 12.0. The highest BCUT2D eigenvalue weighted by atomic mass is 32.2. The Morgan fingerprint density at radius 1 is 1.15 bits per heavy atom. The minimum atomic E-state index is -3.11. The van der Waals surface area contributed by atoms with E-state index in [1.54, 1.807) is 4.90 Å². The summed E-state index contributed by atoms with van der Waals surface area (Å²) in [6, 6.07) is -0.0312. The highest BCUT2D eigenvalue weighted by Crippen LogP contribution is 2.38. The lowest BCUT2D eigenvalue weighted by atomic mass is 9.87. The molecule has 27 heavy (non-hydrogen) atoms. The van der Waals surface area contributed by atoms with Crippen LogP contribution in [0.2, 0.25) is 0 Å². The zero-order valence-corrected chi connectivity index (χ0v) is 18.1. The van der Waals surface area contributed by atoms with Crippen LogP contribution in [-0.2, 0) is 9.84 Å². The number of nitrogens with zero attached hydrogens (tertiary/aromatic N) is 2. The molecule has 3 aliphatic rings. The van der Waals surface area contributed by atoms with Crippen molar-refractivity contribution < 1.29 is 13.2 Å². The van der Waals surface area contributed by atoms with Crippen LogP contribution in [0.4, 0.5) is 4.79 Å². The molecule has 1 saturated carbocycles. The summed E-state index contributed by atoms with van der Waals surface area (Å²) in [7, 11) is -3.11. The van der Waals surface area contributed by atoms with Crippen molar-refractivity contribution in [1.29, 1.82) is 0 Å². The van der Waals surface area contributed by atoms with Crippen molar-refractivity contribution in [2.24, 2.45) is 11.8 Å². The minimum Gasteiger partial charge on any atom is -0.334 e. The lowest BCUT2D eigenvalue weighted by Gasteiger charge is -2.44. The summed E-state index contributed by atoms with van der Waals surface area (Å²) >= 11 is 0. The van der Waals surface area contributed by atoms with Crippen molar-refractivity contribution in [3.63, 3.8) is 0 Å². The number of amides is 2. The van der Waals surface area contributed by atoms with Crippen LogP contribution in [0, 0.1) is 11.8 Å². The number of sulfone groups is 1. The Morgan fingerprint density at radius 2 is 1.78 bits per heavy atom. The predicted octanol–water partition coefficient (Wildman–Crippen LogP) is 2.50. The third-order valence-corrected chi connectivity index (χ3v) is 9.24. The number of hydrogen-bond donors (Lipinski definition) is 1. The molecule has 1 N–H and O–H groups in total. The zero-order valence-electron chi connectivity index (χ0n) is 17.2. The van der Waals surface area contributed by atoms with E-state index in [1.165, 1.54) is 6.42 Å². The van der Waals surface area contributed by atoms with E-state index < -0.39 is 14.6 Å². The smallest absolute Gasteiger partial charge is 0.317 e. The Labute approximate surface area is 165 Å². The van der Waals surface area contributed by atoms with Gasteiger partial charge in [0.1, 0.15) is 0 Å². The fraction of sp³-hybridized carbons (Fsp3) is 0.950. The molecule has 1 aliphatic carbocycles. The van der Waals surface area contributed by atoms with Gasteiger partial charge < -0.3 is 15.1 Å². The summed E-state index contributed by atoms with van der Waals surface area (Å²) in [5.41, 5.74) is 0. The third-order valence-electron chi connectivity index (χ3n) is 6.67. The Morgan fingerprint density at radius 3 is 2.41 bits per heavy atom. The molecule has 2 heterocycles. The van der Waals surface area contributed by atoms with Gasteiger partial charge in [0.15, 0.2) is 9.84 Å². The average molecular weight is 400 g/mol. The molecule has 0 radical (unpaired) electrons. The fourth-order valence-electron chi connectivity index (χ4n) is 5.49. The van der Waals surface area contributed by atoms with Gasteiger partial charge in [-0.1, -0.05) is 33.1 Å². The molecule has 2 aliphatic heterocycles. The van der Waals surface area contributed by atoms with Gasteiger partial charge in [0.25, 0.3) is 0 Å². The van der Waals surface area contributed by atoms with E-state index in [0.717, 1.165) is 38.9 Å². The molecule has 2 saturated heterocycles. The van der Waals surface area contributed by atoms with Crippen LogP contribution in [0.25, 0.3) is 0 Å². The zero-order chi connectivity index (χ0) is 19.7. The maximum Gasteiger partial charge on any atom is 0.317 e. The van der Waals surface area contributed by atoms with Gasteiger partial charge in [-0.2, -0.15) is 0 Å². The first kappa shape index (κ1) is 20.9. The molecule has 0 aromatic rings. The molecule has 1 spiro atoms. The van der Waals surface area contributed by atoms with E-state index in [0.29, 0.717) is 37.8 Å². The minimum absolute atomic E-state index is 0.0656. The number of rotatable bonds is 3. The molecule has 3 rings (SSSR count). The molecule has 156 valence electrons. The summed E-state index contributed by atoms with van der Waals surface area (Å²) in [6.45, 7) is 10.4. The van der Waals surface area contributed by atoms with Gasteiger partial charge in [-0.15, -0.1) is 0 Å². The van der Waals surface area contributed by atoms with Crippen molar-refractivity contribution in [2.45, 2.75) is 70.1 Å². The second-order valence-electron chi connectivity index (χ2n) is 9.50. The molecule has 3 fully saturated rings. The van der Waals surface area contributed by atoms with Gasteiger partial charge in [-0.05, 0) is 38.0 Å². The number of likely N-dealkylation sites (tertiary alicyclic amines) is 1. The molecule has 2 amide bonds. The van der Waals surface area contributed by atoms with Crippen LogP contribution >= 0.6 is 0 Å². The highest BCUT2D eigenvalue weighted by molar-refractivity contribution is 7.92. The van der Waals surface area contributed by atoms with E-state index in [1.807, 2.05) is 0 Å². The molecular formula is C20H37N3O3S. The van der Waals surface area contributed by atoms with Crippen molar-refractivity contribution in [3.05, 3.63) is 0 Å². The molecule has 7 heteroatoms. The predicted molar refractivity (Wildman–Crippen MR) is 109 cm³/mol. The van der Waals surface area contributed by atoms with E-state index in [2.05, 4.69) is 31.0 Å². The highest BCUT2D eigenvalue weighted by Gasteiger charge is 2.49. The SMILES string of the molecule is CC1CC(C)CN(CC(C)NC(=O)N2CCS(=O)(=O)C3(CCCCC3)C2)C1. The largest absolute Gasteiger partial charge is 0.334 e. The normalized spacial score (nSPS) is 32.2. The first-order valence-corrected chi connectivity index (χ1v) is 12.4. The van der Waals surface area contributed by atoms with Crippen LogP contribution in [0.15, 0.2) is 0 Å². The molecule has 0 bridgehead atoms. The van der Waals surface area contributed by atoms with Crippen molar-refractivity contribution in [2.75, 3.05) is 38.5 Å². The number of carbonyl (C=O) groups is 1. The number of hydrogen-bond acceptors (Lipinski definition) is 4. The van der Waals surface area contributed by atoms with E-state index in [9.17, 15) is 13.2 Å². The molecule has 3 atom stereocenters. The van der Waals surface area contributed by atoms with Gasteiger partial charge in [0, 0.05) is 38.8 Å². The van der Waals surface area contributed by atoms with E-state index >= 15 is 0 Å². The lowest BCUT2D eigenvalue weighted by Crippen LogP contribution is -2.61. The molecule has 6 nitrogen and oxygen atoms in total. The monoisotopic (exact) mass is 399 g/mol. The summed E-state index contributed by atoms with van der Waals surface area (Å²) in [4.78, 5) is 17.0. The maximum atomic E-state index is 12.8. The van der Waals surface area contributed by atoms with E-state index in [4.69, 9.17) is 0 Å². The molecular weight excluding hydrogens is 362 g/mol. The molecule has 0 aromatic heterocycles. The Balaban J connectivity index is 1.56. The summed E-state index contributed by atoms with van der Waals surface area (Å²) in [5.74, 6) is 1.51. The topological polar surface area (TPSA) is 69.7 Å². The maximum absolute atomic E-state index is 12.8. The quantitative estimate of drug-likeness (QED) is 0.792. The van der Waals surface area contributed by atoms with Gasteiger partial charge in [0.2, 0.25) is 0 Å². The molecule has 0 aromatic carbocycles. The number of urea groups is 1. The number of piperidine rings is 1. The number of carbonyl (C=O) groups excluding carboxylic acids is 1. The fourth-order valence-corrected chi connectivity index (χ4v) is 7.64. The van der Waals surface area contributed by atoms with Crippen LogP contribution < -0.4 is 5.32 Å². The van der Waals surface area contributed by atoms with Crippen LogP contribution in [0.1, 0.15) is 59.3 Å². The standard InChI is InChI=1S/C20H37N3O3S/c1-16-11-17(2)13-22(12-16)14-18(3)21-19(24)23-9-10-27(25,26)20(15-23)7-5-4-6-8-20/h16-18H,4-15H2,1-3H3,(H,21,24). The van der Waals surface area contributed by atoms with Gasteiger partial charge in [-0.3, -0.25) is 0 Å². The van der Waals surface area contributed by atoms with Crippen LogP contribution in [0.3, 0.4) is 0 Å². The second kappa shape index (κ2) is 8.27. The van der Waals surface area contributed by atoms with Crippen molar-refractivity contribution in [1.82, 2.24) is 15.1 Å². The first-order chi connectivity index (χ1) is 12.7. The Hall–Kier alpha value is -0.820. The van der Waals surface area contributed by atoms with Crippen molar-refractivity contribution in [3.8, 4) is 0 Å². The number of nitrogens with one attached hydrogen (secondary N) is 1. The Bertz CT molecular complexity index is 620. The van der Waals surface area contributed by atoms with Gasteiger partial charge in [-0.25, -0.2) is 13.2 Å². The average Bonchev–Trinajstić information content (AvgIpc) is 2.57. The van der Waals surface area contributed by atoms with Crippen molar-refractivity contribution >= 4 is 15.9 Å². The summed E-state index contributed by atoms with van der Waals surface area (Å²) in [5, 5.41) is 3.13. The molecule has 3 unspecified atom stereocenters. The van der Waals surface area contributed by atoms with Crippen LogP contribution in [0.5, 0.6) is 0 Å². The van der Waals surface area contributed by atoms with Gasteiger partial charge in [0.05, 0.1) is 10.5 Å². The summed E-state index contributed by atoms with van der Waals surface area (Å²) in [6.07, 6.45) is 5.71. The Kier molecular flexibility index (Phi) is 6.41. The summed E-state index contributed by atoms with van der Waals surface area (Å²) < 4.78 is 24.7.